The highest BCUT2D eigenvalue weighted by atomic mass is 16.5. The van der Waals surface area contributed by atoms with Gasteiger partial charge in [0.05, 0.1) is 13.5 Å². The molecule has 1 fully saturated rings. The number of hydrogen-bond donors (Lipinski definition) is 3. The molecule has 3 aromatic carbocycles. The number of methoxy groups -OCH3 is 1. The van der Waals surface area contributed by atoms with Crippen LogP contribution < -0.4 is 20.7 Å². The molecular formula is C30H31N3O6. The lowest BCUT2D eigenvalue weighted by atomic mass is 10.0. The Morgan fingerprint density at radius 1 is 0.795 bits per heavy atom. The molecule has 0 bridgehead atoms. The lowest BCUT2D eigenvalue weighted by Crippen LogP contribution is -2.63. The van der Waals surface area contributed by atoms with Crippen LogP contribution in [0.5, 0.6) is 5.75 Å². The van der Waals surface area contributed by atoms with Gasteiger partial charge in [-0.15, -0.1) is 0 Å². The molecule has 39 heavy (non-hydrogen) atoms. The predicted octanol–water partition coefficient (Wildman–Crippen LogP) is 2.08. The second-order valence-electron chi connectivity index (χ2n) is 9.28. The van der Waals surface area contributed by atoms with E-state index in [2.05, 4.69) is 16.0 Å². The number of carbonyl (C=O) groups excluding carboxylic acids is 4. The highest BCUT2D eigenvalue weighted by Crippen LogP contribution is 2.16. The zero-order valence-corrected chi connectivity index (χ0v) is 21.6. The van der Waals surface area contributed by atoms with Gasteiger partial charge < -0.3 is 25.4 Å². The molecule has 0 saturated carbocycles. The summed E-state index contributed by atoms with van der Waals surface area (Å²) in [6.07, 6.45) is 0.215. The van der Waals surface area contributed by atoms with E-state index < -0.39 is 35.9 Å². The van der Waals surface area contributed by atoms with Crippen molar-refractivity contribution in [3.8, 4) is 5.75 Å². The topological polar surface area (TPSA) is 123 Å². The van der Waals surface area contributed by atoms with E-state index in [1.54, 1.807) is 12.1 Å². The summed E-state index contributed by atoms with van der Waals surface area (Å²) >= 11 is 0. The highest BCUT2D eigenvalue weighted by molar-refractivity contribution is 5.99. The Kier molecular flexibility index (Phi) is 9.29. The van der Waals surface area contributed by atoms with Crippen LogP contribution in [0.4, 0.5) is 0 Å². The summed E-state index contributed by atoms with van der Waals surface area (Å²) in [6, 6.07) is 23.6. The van der Waals surface area contributed by atoms with Gasteiger partial charge >= 0.3 is 5.97 Å². The Hall–Kier alpha value is -4.66. The quantitative estimate of drug-likeness (QED) is 0.327. The van der Waals surface area contributed by atoms with Crippen LogP contribution in [-0.4, -0.2) is 48.9 Å². The van der Waals surface area contributed by atoms with Crippen LogP contribution in [0.1, 0.15) is 23.1 Å². The van der Waals surface area contributed by atoms with Crippen LogP contribution in [0.2, 0.25) is 0 Å². The summed E-state index contributed by atoms with van der Waals surface area (Å²) in [7, 11) is 1.24. The van der Waals surface area contributed by atoms with Crippen molar-refractivity contribution < 1.29 is 28.7 Å². The van der Waals surface area contributed by atoms with Crippen molar-refractivity contribution >= 4 is 23.7 Å². The van der Waals surface area contributed by atoms with Gasteiger partial charge in [0.2, 0.25) is 17.7 Å². The largest absolute Gasteiger partial charge is 0.489 e. The van der Waals surface area contributed by atoms with Crippen molar-refractivity contribution in [3.05, 3.63) is 102 Å². The first-order chi connectivity index (χ1) is 18.9. The SMILES string of the molecule is COC(=O)[C@@H](Cc1ccc(OCc2ccccc2)cc1)NC(=O)C[C@@H]1NC(=O)[C@H](Cc2ccccc2)NC1=O. The number of carbonyl (C=O) groups is 4. The fourth-order valence-corrected chi connectivity index (χ4v) is 4.29. The minimum Gasteiger partial charge on any atom is -0.489 e. The van der Waals surface area contributed by atoms with Gasteiger partial charge in [0.25, 0.3) is 0 Å². The summed E-state index contributed by atoms with van der Waals surface area (Å²) in [5.41, 5.74) is 2.74. The van der Waals surface area contributed by atoms with Gasteiger partial charge in [-0.05, 0) is 28.8 Å². The van der Waals surface area contributed by atoms with Crippen LogP contribution in [-0.2, 0) is 43.4 Å². The number of nitrogens with one attached hydrogen (secondary N) is 3. The van der Waals surface area contributed by atoms with E-state index in [0.29, 0.717) is 18.8 Å². The molecule has 0 spiro atoms. The highest BCUT2D eigenvalue weighted by Gasteiger charge is 2.35. The number of hydrogen-bond acceptors (Lipinski definition) is 6. The standard InChI is InChI=1S/C30H31N3O6/c1-38-30(37)26(17-21-12-14-23(15-13-21)39-19-22-10-6-3-7-11-22)31-27(34)18-25-29(36)32-24(28(35)33-25)16-20-8-4-2-5-9-20/h2-15,24-26H,16-19H2,1H3,(H,31,34)(H,32,36)(H,33,35)/t24-,25-,26+/m0/s1. The molecule has 3 N–H and O–H groups in total. The average Bonchev–Trinajstić information content (AvgIpc) is 2.95. The number of amides is 3. The van der Waals surface area contributed by atoms with E-state index in [1.165, 1.54) is 7.11 Å². The minimum absolute atomic E-state index is 0.180. The molecule has 202 valence electrons. The van der Waals surface area contributed by atoms with Gasteiger partial charge in [0, 0.05) is 12.8 Å². The lowest BCUT2D eigenvalue weighted by Gasteiger charge is -2.29. The Morgan fingerprint density at radius 2 is 1.38 bits per heavy atom. The molecule has 0 unspecified atom stereocenters. The second kappa shape index (κ2) is 13.2. The molecule has 1 heterocycles. The van der Waals surface area contributed by atoms with Gasteiger partial charge in [0.15, 0.2) is 0 Å². The maximum atomic E-state index is 12.8. The maximum absolute atomic E-state index is 12.8. The zero-order chi connectivity index (χ0) is 27.6. The molecule has 3 amide bonds. The van der Waals surface area contributed by atoms with Gasteiger partial charge in [-0.1, -0.05) is 72.8 Å². The summed E-state index contributed by atoms with van der Waals surface area (Å²) in [5.74, 6) is -1.32. The third-order valence-corrected chi connectivity index (χ3v) is 6.37. The molecule has 0 aliphatic carbocycles. The first-order valence-corrected chi connectivity index (χ1v) is 12.7. The molecular weight excluding hydrogens is 498 g/mol. The Balaban J connectivity index is 1.30. The van der Waals surface area contributed by atoms with E-state index in [0.717, 1.165) is 16.7 Å². The molecule has 1 aliphatic heterocycles. The number of benzene rings is 3. The normalized spacial score (nSPS) is 17.4. The Labute approximate surface area is 226 Å². The number of piperazine rings is 1. The molecule has 0 aromatic heterocycles. The van der Waals surface area contributed by atoms with Crippen molar-refractivity contribution in [2.75, 3.05) is 7.11 Å². The van der Waals surface area contributed by atoms with E-state index in [-0.39, 0.29) is 18.7 Å². The fraction of sp³-hybridized carbons (Fsp3) is 0.267. The van der Waals surface area contributed by atoms with Crippen molar-refractivity contribution in [2.24, 2.45) is 0 Å². The predicted molar refractivity (Wildman–Crippen MR) is 143 cm³/mol. The maximum Gasteiger partial charge on any atom is 0.328 e. The second-order valence-corrected chi connectivity index (χ2v) is 9.28. The number of esters is 1. The van der Waals surface area contributed by atoms with Crippen LogP contribution in [0, 0.1) is 0 Å². The molecule has 3 atom stereocenters. The van der Waals surface area contributed by atoms with E-state index >= 15 is 0 Å². The lowest BCUT2D eigenvalue weighted by molar-refractivity contribution is -0.145. The van der Waals surface area contributed by atoms with Gasteiger partial charge in [-0.25, -0.2) is 4.79 Å². The minimum atomic E-state index is -1.04. The molecule has 9 heteroatoms. The van der Waals surface area contributed by atoms with Crippen LogP contribution >= 0.6 is 0 Å². The van der Waals surface area contributed by atoms with Crippen LogP contribution in [0.25, 0.3) is 0 Å². The first kappa shape index (κ1) is 27.4. The number of ether oxygens (including phenoxy) is 2. The molecule has 1 saturated heterocycles. The molecule has 0 radical (unpaired) electrons. The van der Waals surface area contributed by atoms with Crippen LogP contribution in [0.3, 0.4) is 0 Å². The molecule has 4 rings (SSSR count). The molecule has 3 aromatic rings. The zero-order valence-electron chi connectivity index (χ0n) is 21.6. The summed E-state index contributed by atoms with van der Waals surface area (Å²) in [4.78, 5) is 50.3. The van der Waals surface area contributed by atoms with Crippen molar-refractivity contribution in [2.45, 2.75) is 44.0 Å². The van der Waals surface area contributed by atoms with Crippen molar-refractivity contribution in [3.63, 3.8) is 0 Å². The summed E-state index contributed by atoms with van der Waals surface area (Å²) in [6.45, 7) is 0.430. The third-order valence-electron chi connectivity index (χ3n) is 6.37. The Bertz CT molecular complexity index is 1280. The van der Waals surface area contributed by atoms with E-state index in [1.807, 2.05) is 72.8 Å². The smallest absolute Gasteiger partial charge is 0.328 e. The van der Waals surface area contributed by atoms with Crippen LogP contribution in [0.15, 0.2) is 84.9 Å². The van der Waals surface area contributed by atoms with Gasteiger partial charge in [0.1, 0.15) is 30.5 Å². The summed E-state index contributed by atoms with van der Waals surface area (Å²) < 4.78 is 10.7. The molecule has 1 aliphatic rings. The third kappa shape index (κ3) is 7.91. The van der Waals surface area contributed by atoms with Crippen molar-refractivity contribution in [1.82, 2.24) is 16.0 Å². The van der Waals surface area contributed by atoms with Gasteiger partial charge in [-0.2, -0.15) is 0 Å². The first-order valence-electron chi connectivity index (χ1n) is 12.7. The van der Waals surface area contributed by atoms with Gasteiger partial charge in [-0.3, -0.25) is 14.4 Å². The molecule has 9 nitrogen and oxygen atoms in total. The number of rotatable bonds is 11. The fourth-order valence-electron chi connectivity index (χ4n) is 4.29. The summed E-state index contributed by atoms with van der Waals surface area (Å²) in [5, 5.41) is 7.95. The van der Waals surface area contributed by atoms with E-state index in [4.69, 9.17) is 9.47 Å². The van der Waals surface area contributed by atoms with Crippen molar-refractivity contribution in [1.29, 1.82) is 0 Å². The van der Waals surface area contributed by atoms with E-state index in [9.17, 15) is 19.2 Å². The monoisotopic (exact) mass is 529 g/mol. The average molecular weight is 530 g/mol. The Morgan fingerprint density at radius 3 is 2.03 bits per heavy atom.